The fraction of sp³-hybridized carbons (Fsp3) is 0.318. The summed E-state index contributed by atoms with van der Waals surface area (Å²) in [5.41, 5.74) is 2.75. The molecular formula is C22H22ClFN2O2. The first kappa shape index (κ1) is 19.0. The van der Waals surface area contributed by atoms with Gasteiger partial charge < -0.3 is 9.32 Å². The van der Waals surface area contributed by atoms with Gasteiger partial charge in [0, 0.05) is 49.2 Å². The molecule has 4 nitrogen and oxygen atoms in total. The van der Waals surface area contributed by atoms with Gasteiger partial charge in [0.15, 0.2) is 0 Å². The van der Waals surface area contributed by atoms with Crippen molar-refractivity contribution in [1.29, 1.82) is 0 Å². The SMILES string of the molecule is CCc1cc2oc(=O)cc(CN3CCN(c4ccccc4F)CC3)c2cc1Cl. The van der Waals surface area contributed by atoms with Gasteiger partial charge in [-0.2, -0.15) is 0 Å². The molecule has 1 fully saturated rings. The summed E-state index contributed by atoms with van der Waals surface area (Å²) >= 11 is 6.38. The van der Waals surface area contributed by atoms with E-state index in [4.69, 9.17) is 16.0 Å². The van der Waals surface area contributed by atoms with Gasteiger partial charge >= 0.3 is 5.63 Å². The van der Waals surface area contributed by atoms with Crippen molar-refractivity contribution < 1.29 is 8.81 Å². The van der Waals surface area contributed by atoms with E-state index in [0.717, 1.165) is 49.1 Å². The van der Waals surface area contributed by atoms with Gasteiger partial charge in [0.25, 0.3) is 0 Å². The van der Waals surface area contributed by atoms with Gasteiger partial charge in [-0.1, -0.05) is 30.7 Å². The number of anilines is 1. The van der Waals surface area contributed by atoms with Crippen molar-refractivity contribution >= 4 is 28.3 Å². The lowest BCUT2D eigenvalue weighted by atomic mass is 10.1. The van der Waals surface area contributed by atoms with Crippen LogP contribution in [0.15, 0.2) is 51.7 Å². The van der Waals surface area contributed by atoms with Gasteiger partial charge in [0.2, 0.25) is 0 Å². The molecule has 0 atom stereocenters. The Morgan fingerprint density at radius 1 is 1.07 bits per heavy atom. The molecule has 2 heterocycles. The van der Waals surface area contributed by atoms with Crippen LogP contribution in [0, 0.1) is 5.82 Å². The Morgan fingerprint density at radius 2 is 1.82 bits per heavy atom. The second kappa shape index (κ2) is 7.94. The predicted molar refractivity (Wildman–Crippen MR) is 111 cm³/mol. The molecule has 0 unspecified atom stereocenters. The normalized spacial score (nSPS) is 15.3. The highest BCUT2D eigenvalue weighted by Gasteiger charge is 2.20. The molecule has 28 heavy (non-hydrogen) atoms. The van der Waals surface area contributed by atoms with Crippen molar-refractivity contribution in [2.24, 2.45) is 0 Å². The Bertz CT molecular complexity index is 1060. The molecule has 0 radical (unpaired) electrons. The van der Waals surface area contributed by atoms with E-state index in [0.29, 0.717) is 22.8 Å². The molecular weight excluding hydrogens is 379 g/mol. The molecule has 3 aromatic rings. The Balaban J connectivity index is 1.54. The number of halogens is 2. The van der Waals surface area contributed by atoms with E-state index in [-0.39, 0.29) is 11.4 Å². The molecule has 146 valence electrons. The minimum Gasteiger partial charge on any atom is -0.423 e. The molecule has 1 aromatic heterocycles. The lowest BCUT2D eigenvalue weighted by Crippen LogP contribution is -2.46. The number of hydrogen-bond donors (Lipinski definition) is 0. The van der Waals surface area contributed by atoms with Crippen molar-refractivity contribution in [2.75, 3.05) is 31.1 Å². The van der Waals surface area contributed by atoms with E-state index in [1.807, 2.05) is 31.2 Å². The third-order valence-corrected chi connectivity index (χ3v) is 5.69. The van der Waals surface area contributed by atoms with E-state index < -0.39 is 0 Å². The zero-order chi connectivity index (χ0) is 19.7. The van der Waals surface area contributed by atoms with Crippen molar-refractivity contribution in [3.05, 3.63) is 74.9 Å². The fourth-order valence-electron chi connectivity index (χ4n) is 3.79. The minimum atomic E-state index is -0.350. The number of piperazine rings is 1. The number of nitrogens with zero attached hydrogens (tertiary/aromatic N) is 2. The minimum absolute atomic E-state index is 0.191. The smallest absolute Gasteiger partial charge is 0.336 e. The van der Waals surface area contributed by atoms with Crippen LogP contribution in [0.4, 0.5) is 10.1 Å². The van der Waals surface area contributed by atoms with Gasteiger partial charge in [-0.25, -0.2) is 9.18 Å². The van der Waals surface area contributed by atoms with Crippen LogP contribution in [0.5, 0.6) is 0 Å². The highest BCUT2D eigenvalue weighted by Crippen LogP contribution is 2.27. The van der Waals surface area contributed by atoms with Crippen LogP contribution in [0.3, 0.4) is 0 Å². The van der Waals surface area contributed by atoms with Crippen LogP contribution in [0.1, 0.15) is 18.1 Å². The largest absolute Gasteiger partial charge is 0.423 e. The average molecular weight is 401 g/mol. The van der Waals surface area contributed by atoms with E-state index in [1.165, 1.54) is 6.07 Å². The van der Waals surface area contributed by atoms with Crippen LogP contribution in [-0.4, -0.2) is 31.1 Å². The number of benzene rings is 2. The Hall–Kier alpha value is -2.37. The number of para-hydroxylation sites is 1. The number of fused-ring (bicyclic) bond motifs is 1. The second-order valence-corrected chi connectivity index (χ2v) is 7.51. The molecule has 0 spiro atoms. The molecule has 1 aliphatic heterocycles. The summed E-state index contributed by atoms with van der Waals surface area (Å²) in [7, 11) is 0. The first-order valence-electron chi connectivity index (χ1n) is 9.52. The molecule has 4 rings (SSSR count). The lowest BCUT2D eigenvalue weighted by Gasteiger charge is -2.36. The average Bonchev–Trinajstić information content (AvgIpc) is 2.69. The molecule has 0 N–H and O–H groups in total. The molecule has 2 aromatic carbocycles. The quantitative estimate of drug-likeness (QED) is 0.605. The molecule has 0 saturated carbocycles. The molecule has 0 aliphatic carbocycles. The predicted octanol–water partition coefficient (Wildman–Crippen LogP) is 4.47. The van der Waals surface area contributed by atoms with Gasteiger partial charge in [-0.3, -0.25) is 4.90 Å². The summed E-state index contributed by atoms with van der Waals surface area (Å²) in [6.45, 7) is 5.70. The Labute approximate surface area is 168 Å². The Morgan fingerprint density at radius 3 is 2.54 bits per heavy atom. The Kier molecular flexibility index (Phi) is 5.38. The maximum absolute atomic E-state index is 14.0. The molecule has 0 amide bonds. The summed E-state index contributed by atoms with van der Waals surface area (Å²) in [5.74, 6) is -0.191. The van der Waals surface area contributed by atoms with Crippen molar-refractivity contribution in [3.63, 3.8) is 0 Å². The summed E-state index contributed by atoms with van der Waals surface area (Å²) in [5, 5.41) is 1.56. The third-order valence-electron chi connectivity index (χ3n) is 5.34. The first-order chi connectivity index (χ1) is 13.5. The van der Waals surface area contributed by atoms with E-state index in [2.05, 4.69) is 9.80 Å². The number of aryl methyl sites for hydroxylation is 1. The van der Waals surface area contributed by atoms with Crippen molar-refractivity contribution in [2.45, 2.75) is 19.9 Å². The first-order valence-corrected chi connectivity index (χ1v) is 9.90. The summed E-state index contributed by atoms with van der Waals surface area (Å²) in [4.78, 5) is 16.4. The fourth-order valence-corrected chi connectivity index (χ4v) is 4.08. The number of hydrogen-bond acceptors (Lipinski definition) is 4. The van der Waals surface area contributed by atoms with Crippen molar-refractivity contribution in [3.8, 4) is 0 Å². The van der Waals surface area contributed by atoms with Crippen LogP contribution in [-0.2, 0) is 13.0 Å². The monoisotopic (exact) mass is 400 g/mol. The van der Waals surface area contributed by atoms with Crippen LogP contribution in [0.2, 0.25) is 5.02 Å². The van der Waals surface area contributed by atoms with E-state index in [9.17, 15) is 9.18 Å². The third kappa shape index (κ3) is 3.77. The zero-order valence-electron chi connectivity index (χ0n) is 15.8. The van der Waals surface area contributed by atoms with Crippen LogP contribution in [0.25, 0.3) is 11.0 Å². The van der Waals surface area contributed by atoms with Crippen LogP contribution < -0.4 is 10.5 Å². The highest BCUT2D eigenvalue weighted by atomic mass is 35.5. The maximum Gasteiger partial charge on any atom is 0.336 e. The summed E-state index contributed by atoms with van der Waals surface area (Å²) < 4.78 is 19.4. The van der Waals surface area contributed by atoms with Gasteiger partial charge in [0.05, 0.1) is 5.69 Å². The number of rotatable bonds is 4. The second-order valence-electron chi connectivity index (χ2n) is 7.10. The van der Waals surface area contributed by atoms with Crippen LogP contribution >= 0.6 is 11.6 Å². The van der Waals surface area contributed by atoms with E-state index in [1.54, 1.807) is 12.1 Å². The maximum atomic E-state index is 14.0. The molecule has 0 bridgehead atoms. The lowest BCUT2D eigenvalue weighted by molar-refractivity contribution is 0.249. The van der Waals surface area contributed by atoms with Gasteiger partial charge in [-0.15, -0.1) is 0 Å². The van der Waals surface area contributed by atoms with Gasteiger partial charge in [0.1, 0.15) is 11.4 Å². The highest BCUT2D eigenvalue weighted by molar-refractivity contribution is 6.32. The van der Waals surface area contributed by atoms with Gasteiger partial charge in [-0.05, 0) is 41.8 Å². The molecule has 6 heteroatoms. The summed E-state index contributed by atoms with van der Waals surface area (Å²) in [6.07, 6.45) is 0.778. The standard InChI is InChI=1S/C22H22ClFN2O2/c1-2-15-11-21-17(13-18(15)23)16(12-22(27)28-21)14-25-7-9-26(10-8-25)20-6-4-3-5-19(20)24/h3-6,11-13H,2,7-10,14H2,1H3. The summed E-state index contributed by atoms with van der Waals surface area (Å²) in [6, 6.07) is 12.2. The zero-order valence-corrected chi connectivity index (χ0v) is 16.5. The molecule has 1 aliphatic rings. The molecule has 1 saturated heterocycles. The topological polar surface area (TPSA) is 36.7 Å². The van der Waals surface area contributed by atoms with Crippen molar-refractivity contribution in [1.82, 2.24) is 4.90 Å². The van der Waals surface area contributed by atoms with E-state index >= 15 is 0 Å².